The fraction of sp³-hybridized carbons (Fsp3) is 0.500. The third kappa shape index (κ3) is 4.71. The van der Waals surface area contributed by atoms with E-state index in [0.717, 1.165) is 32.4 Å². The fourth-order valence-electron chi connectivity index (χ4n) is 4.35. The van der Waals surface area contributed by atoms with E-state index >= 15 is 0 Å². The van der Waals surface area contributed by atoms with Gasteiger partial charge in [0.1, 0.15) is 0 Å². The van der Waals surface area contributed by atoms with E-state index in [0.29, 0.717) is 12.6 Å². The Morgan fingerprint density at radius 2 is 1.93 bits per heavy atom. The van der Waals surface area contributed by atoms with Gasteiger partial charge in [0.05, 0.1) is 6.04 Å². The average molecular weight is 384 g/mol. The van der Waals surface area contributed by atoms with Gasteiger partial charge in [-0.25, -0.2) is 4.79 Å². The van der Waals surface area contributed by atoms with Crippen molar-refractivity contribution in [3.05, 3.63) is 57.8 Å². The second-order valence-corrected chi connectivity index (χ2v) is 8.69. The Hall–Kier alpha value is -1.85. The summed E-state index contributed by atoms with van der Waals surface area (Å²) < 4.78 is 0. The van der Waals surface area contributed by atoms with Crippen LogP contribution in [0.2, 0.25) is 0 Å². The average Bonchev–Trinajstić information content (AvgIpc) is 3.23. The zero-order valence-electron chi connectivity index (χ0n) is 15.8. The van der Waals surface area contributed by atoms with E-state index in [4.69, 9.17) is 0 Å². The van der Waals surface area contributed by atoms with Crippen LogP contribution in [0.15, 0.2) is 41.8 Å². The van der Waals surface area contributed by atoms with Crippen molar-refractivity contribution in [2.45, 2.75) is 57.2 Å². The lowest BCUT2D eigenvalue weighted by molar-refractivity contribution is 0.175. The maximum atomic E-state index is 12.4. The Bertz CT molecular complexity index is 740. The van der Waals surface area contributed by atoms with E-state index in [2.05, 4.69) is 57.3 Å². The lowest BCUT2D eigenvalue weighted by atomic mass is 9.96. The molecule has 1 aliphatic heterocycles. The molecule has 1 atom stereocenters. The number of carbonyl (C=O) groups is 1. The second-order valence-electron chi connectivity index (χ2n) is 7.71. The van der Waals surface area contributed by atoms with E-state index in [-0.39, 0.29) is 12.1 Å². The number of hydrogen-bond acceptors (Lipinski definition) is 3. The molecule has 1 saturated carbocycles. The molecule has 2 amide bonds. The van der Waals surface area contributed by atoms with Crippen molar-refractivity contribution in [1.29, 1.82) is 0 Å². The summed E-state index contributed by atoms with van der Waals surface area (Å²) in [6, 6.07) is 13.6. The molecule has 2 aromatic rings. The van der Waals surface area contributed by atoms with Gasteiger partial charge < -0.3 is 10.6 Å². The van der Waals surface area contributed by atoms with Gasteiger partial charge in [-0.05, 0) is 41.8 Å². The molecule has 1 aromatic carbocycles. The topological polar surface area (TPSA) is 44.4 Å². The minimum Gasteiger partial charge on any atom is -0.336 e. The molecular formula is C22H29N3OS. The number of benzene rings is 1. The van der Waals surface area contributed by atoms with Gasteiger partial charge in [-0.1, -0.05) is 49.6 Å². The van der Waals surface area contributed by atoms with Crippen LogP contribution >= 0.6 is 11.3 Å². The molecule has 2 aliphatic rings. The third-order valence-corrected chi connectivity index (χ3v) is 6.84. The first-order valence-electron chi connectivity index (χ1n) is 10.2. The zero-order valence-corrected chi connectivity index (χ0v) is 16.6. The van der Waals surface area contributed by atoms with Crippen LogP contribution < -0.4 is 10.6 Å². The molecule has 0 unspecified atom stereocenters. The second kappa shape index (κ2) is 8.89. The molecule has 144 valence electrons. The number of thiophene rings is 1. The van der Waals surface area contributed by atoms with Gasteiger partial charge in [-0.15, -0.1) is 11.3 Å². The number of amides is 2. The summed E-state index contributed by atoms with van der Waals surface area (Å²) in [5.41, 5.74) is 2.87. The van der Waals surface area contributed by atoms with Crippen molar-refractivity contribution in [2.24, 2.45) is 0 Å². The van der Waals surface area contributed by atoms with Crippen LogP contribution in [0, 0.1) is 0 Å². The Labute approximate surface area is 166 Å². The van der Waals surface area contributed by atoms with E-state index in [1.165, 1.54) is 35.3 Å². The molecule has 1 aliphatic carbocycles. The largest absolute Gasteiger partial charge is 0.336 e. The first-order valence-corrected chi connectivity index (χ1v) is 11.1. The highest BCUT2D eigenvalue weighted by Gasteiger charge is 2.26. The van der Waals surface area contributed by atoms with Gasteiger partial charge >= 0.3 is 6.03 Å². The number of fused-ring (bicyclic) bond motifs is 1. The molecule has 0 saturated heterocycles. The van der Waals surface area contributed by atoms with Crippen LogP contribution in [-0.2, 0) is 13.0 Å². The molecule has 0 spiro atoms. The molecule has 0 radical (unpaired) electrons. The lowest BCUT2D eigenvalue weighted by Gasteiger charge is -2.35. The van der Waals surface area contributed by atoms with Gasteiger partial charge in [-0.2, -0.15) is 0 Å². The molecule has 5 heteroatoms. The summed E-state index contributed by atoms with van der Waals surface area (Å²) in [5.74, 6) is 0. The van der Waals surface area contributed by atoms with Crippen LogP contribution in [-0.4, -0.2) is 30.1 Å². The molecule has 1 fully saturated rings. The highest BCUT2D eigenvalue weighted by Crippen LogP contribution is 2.30. The zero-order chi connectivity index (χ0) is 18.5. The van der Waals surface area contributed by atoms with Gasteiger partial charge in [-0.3, -0.25) is 4.90 Å². The van der Waals surface area contributed by atoms with Crippen molar-refractivity contribution in [3.8, 4) is 0 Å². The predicted molar refractivity (Wildman–Crippen MR) is 111 cm³/mol. The lowest BCUT2D eigenvalue weighted by Crippen LogP contribution is -2.46. The molecular weight excluding hydrogens is 354 g/mol. The van der Waals surface area contributed by atoms with Crippen LogP contribution in [0.3, 0.4) is 0 Å². The highest BCUT2D eigenvalue weighted by atomic mass is 32.1. The van der Waals surface area contributed by atoms with Crippen molar-refractivity contribution in [2.75, 3.05) is 13.1 Å². The molecule has 1 aromatic heterocycles. The van der Waals surface area contributed by atoms with Gasteiger partial charge in [0.25, 0.3) is 0 Å². The molecule has 4 rings (SSSR count). The monoisotopic (exact) mass is 383 g/mol. The number of rotatable bonds is 5. The minimum absolute atomic E-state index is 0.0131. The molecule has 2 N–H and O–H groups in total. The van der Waals surface area contributed by atoms with E-state index in [1.807, 2.05) is 0 Å². The third-order valence-electron chi connectivity index (χ3n) is 5.87. The molecule has 4 nitrogen and oxygen atoms in total. The van der Waals surface area contributed by atoms with Crippen molar-refractivity contribution in [3.63, 3.8) is 0 Å². The first kappa shape index (κ1) is 18.5. The van der Waals surface area contributed by atoms with E-state index in [9.17, 15) is 4.79 Å². The SMILES string of the molecule is O=C(NC[C@H](c1cccs1)N1CCc2ccccc2C1)NC1CCCCC1. The fourth-order valence-corrected chi connectivity index (χ4v) is 5.21. The number of hydrogen-bond donors (Lipinski definition) is 2. The predicted octanol–water partition coefficient (Wildman–Crippen LogP) is 4.48. The molecule has 27 heavy (non-hydrogen) atoms. The standard InChI is InChI=1S/C22H29N3OS/c26-22(24-19-9-2-1-3-10-19)23-15-20(21-11-6-14-27-21)25-13-12-17-7-4-5-8-18(17)16-25/h4-8,11,14,19-20H,1-3,9-10,12-13,15-16H2,(H2,23,24,26)/t20-/m1/s1. The summed E-state index contributed by atoms with van der Waals surface area (Å²) in [4.78, 5) is 16.3. The van der Waals surface area contributed by atoms with Crippen molar-refractivity contribution >= 4 is 17.4 Å². The highest BCUT2D eigenvalue weighted by molar-refractivity contribution is 7.10. The van der Waals surface area contributed by atoms with Gasteiger partial charge in [0.2, 0.25) is 0 Å². The van der Waals surface area contributed by atoms with E-state index in [1.54, 1.807) is 11.3 Å². The van der Waals surface area contributed by atoms with E-state index < -0.39 is 0 Å². The smallest absolute Gasteiger partial charge is 0.315 e. The van der Waals surface area contributed by atoms with Crippen LogP contribution in [0.1, 0.15) is 54.1 Å². The normalized spacial score (nSPS) is 19.3. The Balaban J connectivity index is 1.39. The molecule has 0 bridgehead atoms. The summed E-state index contributed by atoms with van der Waals surface area (Å²) >= 11 is 1.78. The van der Waals surface area contributed by atoms with Crippen molar-refractivity contribution in [1.82, 2.24) is 15.5 Å². The maximum absolute atomic E-state index is 12.4. The molecule has 2 heterocycles. The van der Waals surface area contributed by atoms with Crippen LogP contribution in [0.4, 0.5) is 4.79 Å². The Morgan fingerprint density at radius 1 is 1.11 bits per heavy atom. The van der Waals surface area contributed by atoms with Crippen LogP contribution in [0.5, 0.6) is 0 Å². The summed E-state index contributed by atoms with van der Waals surface area (Å²) in [7, 11) is 0. The number of nitrogens with zero attached hydrogens (tertiary/aromatic N) is 1. The Morgan fingerprint density at radius 3 is 2.70 bits per heavy atom. The Kier molecular flexibility index (Phi) is 6.10. The van der Waals surface area contributed by atoms with Gasteiger partial charge in [0, 0.05) is 30.6 Å². The van der Waals surface area contributed by atoms with Crippen LogP contribution in [0.25, 0.3) is 0 Å². The maximum Gasteiger partial charge on any atom is 0.315 e. The first-order chi connectivity index (χ1) is 13.3. The van der Waals surface area contributed by atoms with Crippen molar-refractivity contribution < 1.29 is 4.79 Å². The summed E-state index contributed by atoms with van der Waals surface area (Å²) in [6.07, 6.45) is 7.07. The number of urea groups is 1. The number of carbonyl (C=O) groups excluding carboxylic acids is 1. The minimum atomic E-state index is -0.0131. The summed E-state index contributed by atoms with van der Waals surface area (Å²) in [6.45, 7) is 2.64. The quantitative estimate of drug-likeness (QED) is 0.799. The summed E-state index contributed by atoms with van der Waals surface area (Å²) in [5, 5.41) is 8.45. The van der Waals surface area contributed by atoms with Gasteiger partial charge in [0.15, 0.2) is 0 Å². The number of nitrogens with one attached hydrogen (secondary N) is 2.